The van der Waals surface area contributed by atoms with Gasteiger partial charge in [0.05, 0.1) is 19.3 Å². The average molecular weight is 320 g/mol. The van der Waals surface area contributed by atoms with Gasteiger partial charge < -0.3 is 14.5 Å². The summed E-state index contributed by atoms with van der Waals surface area (Å²) in [6.45, 7) is 4.73. The number of halogens is 1. The number of ether oxygens (including phenoxy) is 1. The van der Waals surface area contributed by atoms with Crippen LogP contribution in [-0.2, 0) is 4.74 Å². The van der Waals surface area contributed by atoms with Gasteiger partial charge in [0.2, 0.25) is 0 Å². The second-order valence-corrected chi connectivity index (χ2v) is 4.46. The summed E-state index contributed by atoms with van der Waals surface area (Å²) in [4.78, 5) is 23.7. The maximum Gasteiger partial charge on any atom is 0.433 e. The normalized spacial score (nSPS) is 15.2. The van der Waals surface area contributed by atoms with Crippen LogP contribution in [0.5, 0.6) is 0 Å². The second kappa shape index (κ2) is 8.60. The highest BCUT2D eigenvalue weighted by molar-refractivity contribution is 5.91. The molecule has 2 rings (SSSR count). The number of hydrogen-bond donors (Lipinski definition) is 1. The van der Waals surface area contributed by atoms with Crippen LogP contribution in [0.1, 0.15) is 17.0 Å². The third kappa shape index (κ3) is 5.33. The first-order valence-electron chi connectivity index (χ1n) is 6.49. The maximum absolute atomic E-state index is 11.7. The standard InChI is InChI=1S/C12H17N3O5.ClH/c16-12(10-2-3-11(20-10)15(17)18)13-4-1-5-14-6-8-19-9-7-14;/h2-3H,1,4-9H2,(H,13,16);1H. The van der Waals surface area contributed by atoms with Crippen LogP contribution in [0.3, 0.4) is 0 Å². The minimum Gasteiger partial charge on any atom is -0.395 e. The van der Waals surface area contributed by atoms with E-state index in [0.717, 1.165) is 39.3 Å². The Kier molecular flexibility index (Phi) is 7.13. The van der Waals surface area contributed by atoms with Gasteiger partial charge in [-0.2, -0.15) is 0 Å². The Balaban J connectivity index is 0.00000220. The molecule has 0 aliphatic carbocycles. The highest BCUT2D eigenvalue weighted by Crippen LogP contribution is 2.15. The van der Waals surface area contributed by atoms with E-state index in [1.54, 1.807) is 0 Å². The van der Waals surface area contributed by atoms with Gasteiger partial charge in [-0.1, -0.05) is 0 Å². The summed E-state index contributed by atoms with van der Waals surface area (Å²) in [5.41, 5.74) is 0. The summed E-state index contributed by atoms with van der Waals surface area (Å²) in [6.07, 6.45) is 0.814. The fraction of sp³-hybridized carbons (Fsp3) is 0.583. The molecule has 1 aliphatic rings. The number of furan rings is 1. The zero-order chi connectivity index (χ0) is 14.4. The number of nitrogens with one attached hydrogen (secondary N) is 1. The molecule has 0 radical (unpaired) electrons. The number of nitro groups is 1. The third-order valence-electron chi connectivity index (χ3n) is 3.04. The molecule has 0 saturated carbocycles. The van der Waals surface area contributed by atoms with E-state index in [-0.39, 0.29) is 18.2 Å². The minimum atomic E-state index is -0.671. The van der Waals surface area contributed by atoms with E-state index in [1.807, 2.05) is 0 Å². The molecule has 8 nitrogen and oxygen atoms in total. The monoisotopic (exact) mass is 319 g/mol. The SMILES string of the molecule is Cl.O=C(NCCCN1CCOCC1)c1ccc([N+](=O)[O-])o1. The topological polar surface area (TPSA) is 97.9 Å². The Labute approximate surface area is 128 Å². The molecule has 1 aromatic heterocycles. The van der Waals surface area contributed by atoms with E-state index in [2.05, 4.69) is 10.2 Å². The lowest BCUT2D eigenvalue weighted by Gasteiger charge is -2.26. The fourth-order valence-corrected chi connectivity index (χ4v) is 1.96. The van der Waals surface area contributed by atoms with Gasteiger partial charge in [0, 0.05) is 19.6 Å². The van der Waals surface area contributed by atoms with Gasteiger partial charge in [-0.3, -0.25) is 19.8 Å². The smallest absolute Gasteiger partial charge is 0.395 e. The molecule has 1 N–H and O–H groups in total. The summed E-state index contributed by atoms with van der Waals surface area (Å²) < 4.78 is 10.1. The van der Waals surface area contributed by atoms with Crippen molar-refractivity contribution in [2.45, 2.75) is 6.42 Å². The predicted molar refractivity (Wildman–Crippen MR) is 76.8 cm³/mol. The molecule has 0 bridgehead atoms. The first kappa shape index (κ1) is 17.4. The number of carbonyl (C=O) groups excluding carboxylic acids is 1. The molecule has 0 aromatic carbocycles. The summed E-state index contributed by atoms with van der Waals surface area (Å²) in [5.74, 6) is -0.897. The maximum atomic E-state index is 11.7. The summed E-state index contributed by atoms with van der Waals surface area (Å²) in [5, 5.41) is 13.1. The summed E-state index contributed by atoms with van der Waals surface area (Å²) in [7, 11) is 0. The highest BCUT2D eigenvalue weighted by atomic mass is 35.5. The Bertz CT molecular complexity index is 473. The molecule has 0 atom stereocenters. The van der Waals surface area contributed by atoms with Crippen LogP contribution in [0.4, 0.5) is 5.88 Å². The lowest BCUT2D eigenvalue weighted by atomic mass is 10.3. The molecular weight excluding hydrogens is 302 g/mol. The van der Waals surface area contributed by atoms with Crippen molar-refractivity contribution in [2.24, 2.45) is 0 Å². The molecule has 1 saturated heterocycles. The van der Waals surface area contributed by atoms with Crippen molar-refractivity contribution in [3.05, 3.63) is 28.0 Å². The van der Waals surface area contributed by atoms with E-state index in [0.29, 0.717) is 6.54 Å². The number of nitrogens with zero attached hydrogens (tertiary/aromatic N) is 2. The van der Waals surface area contributed by atoms with Gasteiger partial charge >= 0.3 is 5.88 Å². The Morgan fingerprint density at radius 1 is 1.38 bits per heavy atom. The predicted octanol–water partition coefficient (Wildman–Crippen LogP) is 1.06. The van der Waals surface area contributed by atoms with Crippen LogP contribution in [-0.4, -0.2) is 55.1 Å². The zero-order valence-electron chi connectivity index (χ0n) is 11.4. The van der Waals surface area contributed by atoms with E-state index in [4.69, 9.17) is 9.15 Å². The zero-order valence-corrected chi connectivity index (χ0v) is 12.3. The molecule has 118 valence electrons. The van der Waals surface area contributed by atoms with Crippen LogP contribution in [0.25, 0.3) is 0 Å². The summed E-state index contributed by atoms with van der Waals surface area (Å²) >= 11 is 0. The Morgan fingerprint density at radius 3 is 2.71 bits per heavy atom. The van der Waals surface area contributed by atoms with Crippen molar-refractivity contribution in [2.75, 3.05) is 39.4 Å². The van der Waals surface area contributed by atoms with Crippen molar-refractivity contribution in [1.29, 1.82) is 0 Å². The van der Waals surface area contributed by atoms with Crippen molar-refractivity contribution in [3.8, 4) is 0 Å². The van der Waals surface area contributed by atoms with E-state index in [1.165, 1.54) is 12.1 Å². The molecule has 1 aromatic rings. The fourth-order valence-electron chi connectivity index (χ4n) is 1.96. The molecule has 2 heterocycles. The van der Waals surface area contributed by atoms with Crippen molar-refractivity contribution in [3.63, 3.8) is 0 Å². The van der Waals surface area contributed by atoms with Crippen LogP contribution in [0.15, 0.2) is 16.5 Å². The van der Waals surface area contributed by atoms with Gasteiger partial charge in [0.15, 0.2) is 5.76 Å². The quantitative estimate of drug-likeness (QED) is 0.478. The van der Waals surface area contributed by atoms with Crippen LogP contribution >= 0.6 is 12.4 Å². The van der Waals surface area contributed by atoms with E-state index in [9.17, 15) is 14.9 Å². The largest absolute Gasteiger partial charge is 0.433 e. The Morgan fingerprint density at radius 2 is 2.10 bits per heavy atom. The third-order valence-corrected chi connectivity index (χ3v) is 3.04. The number of rotatable bonds is 6. The Hall–Kier alpha value is -1.64. The minimum absolute atomic E-state index is 0. The molecule has 1 fully saturated rings. The van der Waals surface area contributed by atoms with Crippen molar-refractivity contribution in [1.82, 2.24) is 10.2 Å². The average Bonchev–Trinajstić information content (AvgIpc) is 2.94. The molecule has 21 heavy (non-hydrogen) atoms. The van der Waals surface area contributed by atoms with Crippen LogP contribution in [0.2, 0.25) is 0 Å². The van der Waals surface area contributed by atoms with E-state index < -0.39 is 16.7 Å². The first-order chi connectivity index (χ1) is 9.66. The van der Waals surface area contributed by atoms with Gasteiger partial charge in [-0.25, -0.2) is 0 Å². The first-order valence-corrected chi connectivity index (χ1v) is 6.49. The van der Waals surface area contributed by atoms with E-state index >= 15 is 0 Å². The molecule has 1 amide bonds. The molecule has 9 heteroatoms. The lowest BCUT2D eigenvalue weighted by Crippen LogP contribution is -2.38. The summed E-state index contributed by atoms with van der Waals surface area (Å²) in [6, 6.07) is 2.47. The van der Waals surface area contributed by atoms with Gasteiger partial charge in [-0.15, -0.1) is 12.4 Å². The molecule has 0 spiro atoms. The number of carbonyl (C=O) groups is 1. The molecule has 0 unspecified atom stereocenters. The second-order valence-electron chi connectivity index (χ2n) is 4.46. The van der Waals surface area contributed by atoms with Gasteiger partial charge in [0.25, 0.3) is 5.91 Å². The van der Waals surface area contributed by atoms with Crippen LogP contribution in [0, 0.1) is 10.1 Å². The van der Waals surface area contributed by atoms with Gasteiger partial charge in [-0.05, 0) is 19.0 Å². The van der Waals surface area contributed by atoms with Crippen molar-refractivity contribution < 1.29 is 18.9 Å². The molecule has 1 aliphatic heterocycles. The van der Waals surface area contributed by atoms with Crippen LogP contribution < -0.4 is 5.32 Å². The lowest BCUT2D eigenvalue weighted by molar-refractivity contribution is -0.402. The highest BCUT2D eigenvalue weighted by Gasteiger charge is 2.17. The number of amides is 1. The molecular formula is C12H18ClN3O5. The van der Waals surface area contributed by atoms with Crippen molar-refractivity contribution >= 4 is 24.2 Å². The number of hydrogen-bond acceptors (Lipinski definition) is 6. The van der Waals surface area contributed by atoms with Gasteiger partial charge in [0.1, 0.15) is 4.92 Å². The number of morpholine rings is 1.